The molecule has 7 heteroatoms. The number of benzene rings is 2. The van der Waals surface area contributed by atoms with Crippen LogP contribution in [0.2, 0.25) is 5.02 Å². The lowest BCUT2D eigenvalue weighted by atomic mass is 10.2. The lowest BCUT2D eigenvalue weighted by Crippen LogP contribution is -2.47. The van der Waals surface area contributed by atoms with Crippen molar-refractivity contribution in [3.63, 3.8) is 0 Å². The summed E-state index contributed by atoms with van der Waals surface area (Å²) < 4.78 is 3.66. The zero-order chi connectivity index (χ0) is 17.6. The summed E-state index contributed by atoms with van der Waals surface area (Å²) in [4.78, 5) is 12.1. The smallest absolute Gasteiger partial charge is 0.246 e. The number of para-hydroxylation sites is 1. The predicted octanol–water partition coefficient (Wildman–Crippen LogP) is 5.24. The van der Waals surface area contributed by atoms with Gasteiger partial charge in [0.1, 0.15) is 5.75 Å². The Labute approximate surface area is 160 Å². The summed E-state index contributed by atoms with van der Waals surface area (Å²) in [5.74, 6) is -0.176. The third kappa shape index (κ3) is 5.91. The number of hydrogen-bond acceptors (Lipinski definition) is 2. The van der Waals surface area contributed by atoms with Crippen LogP contribution in [-0.2, 0) is 4.79 Å². The molecule has 24 heavy (non-hydrogen) atoms. The maximum Gasteiger partial charge on any atom is 0.246 e. The summed E-state index contributed by atoms with van der Waals surface area (Å²) in [7, 11) is 0. The standard InChI is InChI=1S/C17H13Cl4NO2/c18-13-8-4-5-9-14(13)24-16(17(19,20)21)22-15(23)11-10-12-6-2-1-3-7-12/h1-11,16H,(H,22,23)/b11-10-/t16-/m0/s1. The summed E-state index contributed by atoms with van der Waals surface area (Å²) in [6, 6.07) is 16.0. The molecule has 1 N–H and O–H groups in total. The first-order valence-corrected chi connectivity index (χ1v) is 8.39. The molecular weight excluding hydrogens is 392 g/mol. The zero-order valence-electron chi connectivity index (χ0n) is 12.3. The fourth-order valence-electron chi connectivity index (χ4n) is 1.76. The van der Waals surface area contributed by atoms with Crippen LogP contribution in [0.15, 0.2) is 60.7 Å². The highest BCUT2D eigenvalue weighted by atomic mass is 35.6. The Morgan fingerprint density at radius 2 is 1.67 bits per heavy atom. The van der Waals surface area contributed by atoms with Crippen molar-refractivity contribution < 1.29 is 9.53 Å². The van der Waals surface area contributed by atoms with E-state index in [0.717, 1.165) is 5.56 Å². The lowest BCUT2D eigenvalue weighted by molar-refractivity contribution is -0.118. The number of halogens is 4. The minimum absolute atomic E-state index is 0.294. The molecule has 0 spiro atoms. The van der Waals surface area contributed by atoms with E-state index in [1.54, 1.807) is 30.3 Å². The lowest BCUT2D eigenvalue weighted by Gasteiger charge is -2.26. The second-order valence-corrected chi connectivity index (χ2v) is 7.50. The Balaban J connectivity index is 2.08. The second-order valence-electron chi connectivity index (χ2n) is 4.72. The Hall–Kier alpha value is -1.39. The van der Waals surface area contributed by atoms with Crippen molar-refractivity contribution in [2.24, 2.45) is 0 Å². The van der Waals surface area contributed by atoms with Gasteiger partial charge in [-0.2, -0.15) is 0 Å². The van der Waals surface area contributed by atoms with Crippen molar-refractivity contribution in [2.75, 3.05) is 0 Å². The van der Waals surface area contributed by atoms with Gasteiger partial charge in [-0.1, -0.05) is 88.9 Å². The summed E-state index contributed by atoms with van der Waals surface area (Å²) in [5.41, 5.74) is 0.866. The fourth-order valence-corrected chi connectivity index (χ4v) is 2.24. The average Bonchev–Trinajstić information content (AvgIpc) is 2.54. The van der Waals surface area contributed by atoms with Gasteiger partial charge in [0.15, 0.2) is 0 Å². The first kappa shape index (κ1) is 18.9. The number of hydrogen-bond donors (Lipinski definition) is 1. The van der Waals surface area contributed by atoms with Crippen LogP contribution in [0.4, 0.5) is 0 Å². The molecule has 126 valence electrons. The number of nitrogens with one attached hydrogen (secondary N) is 1. The highest BCUT2D eigenvalue weighted by Crippen LogP contribution is 2.34. The molecule has 3 nitrogen and oxygen atoms in total. The van der Waals surface area contributed by atoms with Crippen LogP contribution in [-0.4, -0.2) is 15.9 Å². The molecule has 1 amide bonds. The third-order valence-electron chi connectivity index (χ3n) is 2.88. The molecule has 0 aliphatic rings. The average molecular weight is 405 g/mol. The number of rotatable bonds is 5. The molecular formula is C17H13Cl4NO2. The van der Waals surface area contributed by atoms with Gasteiger partial charge in [0.05, 0.1) is 5.02 Å². The van der Waals surface area contributed by atoms with Crippen molar-refractivity contribution in [1.29, 1.82) is 0 Å². The van der Waals surface area contributed by atoms with E-state index in [1.807, 2.05) is 30.3 Å². The van der Waals surface area contributed by atoms with Gasteiger partial charge in [0.2, 0.25) is 15.9 Å². The minimum atomic E-state index is -1.88. The van der Waals surface area contributed by atoms with Crippen molar-refractivity contribution in [3.05, 3.63) is 71.3 Å². The van der Waals surface area contributed by atoms with Gasteiger partial charge in [-0.3, -0.25) is 4.79 Å². The second kappa shape index (κ2) is 8.63. The van der Waals surface area contributed by atoms with Gasteiger partial charge in [-0.25, -0.2) is 0 Å². The molecule has 0 aromatic heterocycles. The number of ether oxygens (including phenoxy) is 1. The molecule has 0 unspecified atom stereocenters. The van der Waals surface area contributed by atoms with Gasteiger partial charge in [-0.05, 0) is 23.8 Å². The summed E-state index contributed by atoms with van der Waals surface area (Å²) >= 11 is 23.7. The van der Waals surface area contributed by atoms with Crippen molar-refractivity contribution in [3.8, 4) is 5.75 Å². The van der Waals surface area contributed by atoms with Gasteiger partial charge in [-0.15, -0.1) is 0 Å². The van der Waals surface area contributed by atoms with Crippen LogP contribution in [0.25, 0.3) is 6.08 Å². The Morgan fingerprint density at radius 3 is 2.29 bits per heavy atom. The minimum Gasteiger partial charge on any atom is -0.464 e. The maximum atomic E-state index is 12.1. The van der Waals surface area contributed by atoms with Crippen LogP contribution in [0, 0.1) is 0 Å². The molecule has 0 bridgehead atoms. The first-order valence-electron chi connectivity index (χ1n) is 6.88. The van der Waals surface area contributed by atoms with Crippen molar-refractivity contribution in [2.45, 2.75) is 10.0 Å². The maximum absolute atomic E-state index is 12.1. The number of amides is 1. The molecule has 0 saturated heterocycles. The van der Waals surface area contributed by atoms with E-state index >= 15 is 0 Å². The van der Waals surface area contributed by atoms with Crippen molar-refractivity contribution >= 4 is 58.4 Å². The molecule has 0 fully saturated rings. The van der Waals surface area contributed by atoms with E-state index in [0.29, 0.717) is 10.8 Å². The quantitative estimate of drug-likeness (QED) is 0.420. The number of alkyl halides is 3. The Morgan fingerprint density at radius 1 is 1.04 bits per heavy atom. The van der Waals surface area contributed by atoms with E-state index in [1.165, 1.54) is 6.08 Å². The van der Waals surface area contributed by atoms with Crippen LogP contribution in [0.5, 0.6) is 5.75 Å². The van der Waals surface area contributed by atoms with E-state index in [2.05, 4.69) is 5.32 Å². The molecule has 0 aliphatic heterocycles. The molecule has 0 saturated carbocycles. The fraction of sp³-hybridized carbons (Fsp3) is 0.118. The van der Waals surface area contributed by atoms with E-state index < -0.39 is 15.9 Å². The molecule has 1 atom stereocenters. The van der Waals surface area contributed by atoms with Gasteiger partial charge < -0.3 is 10.1 Å². The summed E-state index contributed by atoms with van der Waals surface area (Å²) in [6.45, 7) is 0. The Bertz CT molecular complexity index is 714. The molecule has 2 aromatic carbocycles. The molecule has 0 heterocycles. The van der Waals surface area contributed by atoms with E-state index in [-0.39, 0.29) is 0 Å². The Kier molecular flexibility index (Phi) is 6.81. The van der Waals surface area contributed by atoms with Crippen LogP contribution in [0.3, 0.4) is 0 Å². The molecule has 2 aromatic rings. The summed E-state index contributed by atoms with van der Waals surface area (Å²) in [6.07, 6.45) is 1.75. The normalized spacial score (nSPS) is 12.8. The molecule has 0 radical (unpaired) electrons. The van der Waals surface area contributed by atoms with Crippen LogP contribution >= 0.6 is 46.4 Å². The highest BCUT2D eigenvalue weighted by Gasteiger charge is 2.36. The predicted molar refractivity (Wildman–Crippen MR) is 99.8 cm³/mol. The first-order chi connectivity index (χ1) is 11.4. The highest BCUT2D eigenvalue weighted by molar-refractivity contribution is 6.68. The molecule has 0 aliphatic carbocycles. The zero-order valence-corrected chi connectivity index (χ0v) is 15.3. The SMILES string of the molecule is O=C(/C=C\c1ccccc1)N[C@@H](Oc1ccccc1Cl)C(Cl)(Cl)Cl. The van der Waals surface area contributed by atoms with E-state index in [4.69, 9.17) is 51.1 Å². The monoisotopic (exact) mass is 403 g/mol. The topological polar surface area (TPSA) is 38.3 Å². The largest absolute Gasteiger partial charge is 0.464 e. The van der Waals surface area contributed by atoms with E-state index in [9.17, 15) is 4.79 Å². The van der Waals surface area contributed by atoms with Gasteiger partial charge >= 0.3 is 0 Å². The third-order valence-corrected chi connectivity index (χ3v) is 3.79. The van der Waals surface area contributed by atoms with Gasteiger partial charge in [0, 0.05) is 6.08 Å². The number of carbonyl (C=O) groups excluding carboxylic acids is 1. The number of carbonyl (C=O) groups is 1. The van der Waals surface area contributed by atoms with Gasteiger partial charge in [0.25, 0.3) is 0 Å². The van der Waals surface area contributed by atoms with Crippen LogP contribution in [0.1, 0.15) is 5.56 Å². The van der Waals surface area contributed by atoms with Crippen LogP contribution < -0.4 is 10.1 Å². The summed E-state index contributed by atoms with van der Waals surface area (Å²) in [5, 5.41) is 2.84. The van der Waals surface area contributed by atoms with Crippen molar-refractivity contribution in [1.82, 2.24) is 5.32 Å². The molecule has 2 rings (SSSR count).